The van der Waals surface area contributed by atoms with Crippen LogP contribution in [-0.4, -0.2) is 4.92 Å². The summed E-state index contributed by atoms with van der Waals surface area (Å²) in [5, 5.41) is 15.1. The third-order valence-corrected chi connectivity index (χ3v) is 3.25. The maximum atomic E-state index is 10.7. The van der Waals surface area contributed by atoms with Gasteiger partial charge in [0.05, 0.1) is 4.92 Å². The largest absolute Gasteiger partial charge is 0.381 e. The molecule has 6 heteroatoms. The van der Waals surface area contributed by atoms with Crippen LogP contribution in [0.25, 0.3) is 0 Å². The Kier molecular flexibility index (Phi) is 4.47. The monoisotopic (exact) mass is 310 g/mol. The normalized spacial score (nSPS) is 10.3. The lowest BCUT2D eigenvalue weighted by atomic mass is 10.1. The minimum Gasteiger partial charge on any atom is -0.381 e. The number of halogens is 2. The van der Waals surface area contributed by atoms with Gasteiger partial charge in [-0.1, -0.05) is 23.2 Å². The fourth-order valence-electron chi connectivity index (χ4n) is 1.89. The second-order valence-electron chi connectivity index (χ2n) is 4.39. The number of rotatable bonds is 4. The van der Waals surface area contributed by atoms with E-state index < -0.39 is 4.92 Å². The molecule has 0 atom stereocenters. The van der Waals surface area contributed by atoms with Crippen LogP contribution < -0.4 is 5.32 Å². The van der Waals surface area contributed by atoms with E-state index in [4.69, 9.17) is 23.2 Å². The Balaban J connectivity index is 2.11. The highest BCUT2D eigenvalue weighted by Gasteiger charge is 2.09. The predicted molar refractivity (Wildman–Crippen MR) is 81.6 cm³/mol. The SMILES string of the molecule is Cc1cc(NCc2cc(Cl)cc(Cl)c2)ccc1[N+](=O)[O-]. The lowest BCUT2D eigenvalue weighted by Gasteiger charge is -2.08. The standard InChI is InChI=1S/C14H12Cl2N2O2/c1-9-4-13(2-3-14(9)18(19)20)17-8-10-5-11(15)7-12(16)6-10/h2-7,17H,8H2,1H3. The summed E-state index contributed by atoms with van der Waals surface area (Å²) in [4.78, 5) is 10.4. The highest BCUT2D eigenvalue weighted by Crippen LogP contribution is 2.23. The average molecular weight is 311 g/mol. The average Bonchev–Trinajstić information content (AvgIpc) is 2.35. The van der Waals surface area contributed by atoms with Crippen molar-refractivity contribution in [3.8, 4) is 0 Å². The van der Waals surface area contributed by atoms with E-state index in [2.05, 4.69) is 5.32 Å². The minimum atomic E-state index is -0.393. The Morgan fingerprint density at radius 1 is 1.15 bits per heavy atom. The summed E-state index contributed by atoms with van der Waals surface area (Å²) in [7, 11) is 0. The van der Waals surface area contributed by atoms with Crippen molar-refractivity contribution in [2.24, 2.45) is 0 Å². The number of aryl methyl sites for hydroxylation is 1. The third-order valence-electron chi connectivity index (χ3n) is 2.81. The van der Waals surface area contributed by atoms with Crippen molar-refractivity contribution in [1.82, 2.24) is 0 Å². The molecule has 4 nitrogen and oxygen atoms in total. The number of nitrogens with zero attached hydrogens (tertiary/aromatic N) is 1. The van der Waals surface area contributed by atoms with Gasteiger partial charge < -0.3 is 5.32 Å². The van der Waals surface area contributed by atoms with Crippen LogP contribution in [0.5, 0.6) is 0 Å². The molecule has 0 bridgehead atoms. The van der Waals surface area contributed by atoms with Gasteiger partial charge in [0.1, 0.15) is 0 Å². The van der Waals surface area contributed by atoms with Gasteiger partial charge in [-0.15, -0.1) is 0 Å². The van der Waals surface area contributed by atoms with Gasteiger partial charge in [-0.3, -0.25) is 10.1 Å². The number of nitrogens with one attached hydrogen (secondary N) is 1. The summed E-state index contributed by atoms with van der Waals surface area (Å²) in [5.41, 5.74) is 2.48. The molecule has 0 radical (unpaired) electrons. The quantitative estimate of drug-likeness (QED) is 0.650. The number of hydrogen-bond donors (Lipinski definition) is 1. The van der Waals surface area contributed by atoms with Gasteiger partial charge in [0.15, 0.2) is 0 Å². The fourth-order valence-corrected chi connectivity index (χ4v) is 2.46. The van der Waals surface area contributed by atoms with Crippen LogP contribution >= 0.6 is 23.2 Å². The Morgan fingerprint density at radius 2 is 1.80 bits per heavy atom. The van der Waals surface area contributed by atoms with Gasteiger partial charge in [0, 0.05) is 33.9 Å². The molecule has 0 unspecified atom stereocenters. The van der Waals surface area contributed by atoms with Crippen LogP contribution in [0.15, 0.2) is 36.4 Å². The first-order valence-electron chi connectivity index (χ1n) is 5.89. The summed E-state index contributed by atoms with van der Waals surface area (Å²) >= 11 is 11.9. The molecule has 20 heavy (non-hydrogen) atoms. The number of benzene rings is 2. The van der Waals surface area contributed by atoms with E-state index in [1.165, 1.54) is 6.07 Å². The van der Waals surface area contributed by atoms with E-state index in [0.29, 0.717) is 22.2 Å². The number of hydrogen-bond acceptors (Lipinski definition) is 3. The Hall–Kier alpha value is -1.78. The van der Waals surface area contributed by atoms with Gasteiger partial charge in [0.2, 0.25) is 0 Å². The number of anilines is 1. The van der Waals surface area contributed by atoms with Crippen LogP contribution in [0.1, 0.15) is 11.1 Å². The third kappa shape index (κ3) is 3.62. The second-order valence-corrected chi connectivity index (χ2v) is 5.26. The molecule has 0 heterocycles. The van der Waals surface area contributed by atoms with E-state index in [1.54, 1.807) is 25.1 Å². The van der Waals surface area contributed by atoms with E-state index in [9.17, 15) is 10.1 Å². The molecule has 0 saturated carbocycles. The van der Waals surface area contributed by atoms with E-state index in [-0.39, 0.29) is 5.69 Å². The first kappa shape index (κ1) is 14.6. The van der Waals surface area contributed by atoms with Gasteiger partial charge in [-0.05, 0) is 42.8 Å². The highest BCUT2D eigenvalue weighted by atomic mass is 35.5. The van der Waals surface area contributed by atoms with Crippen molar-refractivity contribution in [2.45, 2.75) is 13.5 Å². The minimum absolute atomic E-state index is 0.112. The van der Waals surface area contributed by atoms with Crippen LogP contribution in [-0.2, 0) is 6.54 Å². The van der Waals surface area contributed by atoms with E-state index >= 15 is 0 Å². The maximum absolute atomic E-state index is 10.7. The number of nitro groups is 1. The summed E-state index contributed by atoms with van der Waals surface area (Å²) in [6.07, 6.45) is 0. The molecular formula is C14H12Cl2N2O2. The molecule has 0 aromatic heterocycles. The zero-order valence-corrected chi connectivity index (χ0v) is 12.2. The van der Waals surface area contributed by atoms with Crippen molar-refractivity contribution >= 4 is 34.6 Å². The number of nitro benzene ring substituents is 1. The molecule has 0 saturated heterocycles. The second kappa shape index (κ2) is 6.11. The Morgan fingerprint density at radius 3 is 2.35 bits per heavy atom. The first-order chi connectivity index (χ1) is 9.45. The topological polar surface area (TPSA) is 55.2 Å². The molecule has 0 aliphatic carbocycles. The van der Waals surface area contributed by atoms with Crippen molar-refractivity contribution < 1.29 is 4.92 Å². The van der Waals surface area contributed by atoms with Gasteiger partial charge in [0.25, 0.3) is 5.69 Å². The Labute approximate surface area is 126 Å². The van der Waals surface area contributed by atoms with Crippen LogP contribution in [0.4, 0.5) is 11.4 Å². The highest BCUT2D eigenvalue weighted by molar-refractivity contribution is 6.34. The summed E-state index contributed by atoms with van der Waals surface area (Å²) in [6, 6.07) is 10.2. The predicted octanol–water partition coefficient (Wildman–Crippen LogP) is 4.82. The van der Waals surface area contributed by atoms with Gasteiger partial charge >= 0.3 is 0 Å². The van der Waals surface area contributed by atoms with Crippen LogP contribution in [0.3, 0.4) is 0 Å². The zero-order chi connectivity index (χ0) is 14.7. The van der Waals surface area contributed by atoms with E-state index in [0.717, 1.165) is 11.3 Å². The fraction of sp³-hybridized carbons (Fsp3) is 0.143. The summed E-state index contributed by atoms with van der Waals surface area (Å²) in [5.74, 6) is 0. The van der Waals surface area contributed by atoms with Gasteiger partial charge in [-0.25, -0.2) is 0 Å². The maximum Gasteiger partial charge on any atom is 0.272 e. The van der Waals surface area contributed by atoms with Crippen LogP contribution in [0, 0.1) is 17.0 Å². The molecule has 2 aromatic rings. The molecular weight excluding hydrogens is 299 g/mol. The van der Waals surface area contributed by atoms with Crippen molar-refractivity contribution in [3.05, 3.63) is 67.7 Å². The molecule has 0 aliphatic rings. The van der Waals surface area contributed by atoms with E-state index in [1.807, 2.05) is 12.1 Å². The van der Waals surface area contributed by atoms with Crippen LogP contribution in [0.2, 0.25) is 10.0 Å². The smallest absolute Gasteiger partial charge is 0.272 e. The molecule has 0 aliphatic heterocycles. The zero-order valence-electron chi connectivity index (χ0n) is 10.7. The lowest BCUT2D eigenvalue weighted by molar-refractivity contribution is -0.385. The Bertz CT molecular complexity index is 639. The first-order valence-corrected chi connectivity index (χ1v) is 6.65. The molecule has 2 aromatic carbocycles. The molecule has 0 spiro atoms. The van der Waals surface area contributed by atoms with Crippen molar-refractivity contribution in [2.75, 3.05) is 5.32 Å². The molecule has 0 amide bonds. The molecule has 0 fully saturated rings. The summed E-state index contributed by atoms with van der Waals surface area (Å²) in [6.45, 7) is 2.25. The van der Waals surface area contributed by atoms with Crippen molar-refractivity contribution in [3.63, 3.8) is 0 Å². The van der Waals surface area contributed by atoms with Gasteiger partial charge in [-0.2, -0.15) is 0 Å². The lowest BCUT2D eigenvalue weighted by Crippen LogP contribution is -2.00. The summed E-state index contributed by atoms with van der Waals surface area (Å²) < 4.78 is 0. The van der Waals surface area contributed by atoms with Crippen molar-refractivity contribution in [1.29, 1.82) is 0 Å². The molecule has 2 rings (SSSR count). The molecule has 1 N–H and O–H groups in total. The molecule has 104 valence electrons.